The summed E-state index contributed by atoms with van der Waals surface area (Å²) < 4.78 is 21.0. The van der Waals surface area contributed by atoms with E-state index in [-0.39, 0.29) is 5.82 Å². The van der Waals surface area contributed by atoms with E-state index < -0.39 is 0 Å². The second kappa shape index (κ2) is 11.2. The lowest BCUT2D eigenvalue weighted by Gasteiger charge is -2.31. The van der Waals surface area contributed by atoms with E-state index >= 15 is 0 Å². The van der Waals surface area contributed by atoms with E-state index in [9.17, 15) is 4.39 Å². The molecule has 1 fully saturated rings. The van der Waals surface area contributed by atoms with Gasteiger partial charge in [-0.2, -0.15) is 0 Å². The van der Waals surface area contributed by atoms with Crippen molar-refractivity contribution >= 4 is 17.0 Å². The Morgan fingerprint density at radius 1 is 1.06 bits per heavy atom. The number of hydrogen-bond acceptors (Lipinski definition) is 6. The summed E-state index contributed by atoms with van der Waals surface area (Å²) in [7, 11) is 0. The standard InChI is InChI=1S/C24H33FN6O/c1-2-3-11-26-23-22-24(28-17-27-23)31(18-29-22)13-4-12-30-14-9-19(10-15-30)16-32-21-7-5-20(25)6-8-21/h5-8,17-19H,2-4,9-16H2,1H3,(H,26,27,28). The van der Waals surface area contributed by atoms with E-state index in [4.69, 9.17) is 4.74 Å². The van der Waals surface area contributed by atoms with Crippen molar-refractivity contribution in [3.8, 4) is 5.75 Å². The van der Waals surface area contributed by atoms with E-state index in [0.29, 0.717) is 12.5 Å². The summed E-state index contributed by atoms with van der Waals surface area (Å²) in [5.74, 6) is 1.90. The molecule has 7 nitrogen and oxygen atoms in total. The Kier molecular flexibility index (Phi) is 7.87. The average molecular weight is 441 g/mol. The molecule has 1 aliphatic heterocycles. The first-order chi connectivity index (χ1) is 15.7. The third-order valence-corrected chi connectivity index (χ3v) is 6.10. The number of rotatable bonds is 11. The molecule has 0 amide bonds. The maximum absolute atomic E-state index is 13.0. The Balaban J connectivity index is 1.19. The fourth-order valence-corrected chi connectivity index (χ4v) is 4.14. The molecule has 3 aromatic rings. The molecule has 1 aromatic carbocycles. The summed E-state index contributed by atoms with van der Waals surface area (Å²) in [6.07, 6.45) is 9.08. The monoisotopic (exact) mass is 440 g/mol. The van der Waals surface area contributed by atoms with Crippen molar-refractivity contribution in [3.63, 3.8) is 0 Å². The predicted molar refractivity (Wildman–Crippen MR) is 124 cm³/mol. The van der Waals surface area contributed by atoms with Crippen LogP contribution in [0.4, 0.5) is 10.2 Å². The molecule has 8 heteroatoms. The highest BCUT2D eigenvalue weighted by atomic mass is 19.1. The molecule has 172 valence electrons. The second-order valence-corrected chi connectivity index (χ2v) is 8.52. The number of hydrogen-bond donors (Lipinski definition) is 1. The minimum absolute atomic E-state index is 0.231. The van der Waals surface area contributed by atoms with Gasteiger partial charge in [-0.25, -0.2) is 19.3 Å². The first-order valence-corrected chi connectivity index (χ1v) is 11.7. The molecule has 0 bridgehead atoms. The third-order valence-electron chi connectivity index (χ3n) is 6.10. The van der Waals surface area contributed by atoms with Crippen LogP contribution < -0.4 is 10.1 Å². The Morgan fingerprint density at radius 3 is 2.66 bits per heavy atom. The molecule has 1 N–H and O–H groups in total. The Labute approximate surface area is 189 Å². The predicted octanol–water partition coefficient (Wildman–Crippen LogP) is 4.36. The second-order valence-electron chi connectivity index (χ2n) is 8.52. The zero-order valence-electron chi connectivity index (χ0n) is 18.8. The summed E-state index contributed by atoms with van der Waals surface area (Å²) in [5.41, 5.74) is 1.75. The molecule has 0 spiro atoms. The summed E-state index contributed by atoms with van der Waals surface area (Å²) in [5, 5.41) is 3.37. The lowest BCUT2D eigenvalue weighted by atomic mass is 9.97. The number of benzene rings is 1. The number of imidazole rings is 1. The number of aryl methyl sites for hydroxylation is 1. The van der Waals surface area contributed by atoms with Gasteiger partial charge in [-0.1, -0.05) is 13.3 Å². The molecule has 4 rings (SSSR count). The minimum atomic E-state index is -0.231. The lowest BCUT2D eigenvalue weighted by Crippen LogP contribution is -2.36. The molecule has 0 aliphatic carbocycles. The van der Waals surface area contributed by atoms with Gasteiger partial charge in [0.2, 0.25) is 0 Å². The number of ether oxygens (including phenoxy) is 1. The zero-order valence-corrected chi connectivity index (χ0v) is 18.8. The first kappa shape index (κ1) is 22.5. The van der Waals surface area contributed by atoms with Crippen molar-refractivity contribution in [2.75, 3.05) is 38.1 Å². The van der Waals surface area contributed by atoms with Gasteiger partial charge in [0, 0.05) is 13.1 Å². The number of piperidine rings is 1. The average Bonchev–Trinajstić information content (AvgIpc) is 3.24. The van der Waals surface area contributed by atoms with Gasteiger partial charge in [0.15, 0.2) is 11.5 Å². The van der Waals surface area contributed by atoms with Crippen molar-refractivity contribution in [3.05, 3.63) is 42.7 Å². The van der Waals surface area contributed by atoms with Gasteiger partial charge in [0.05, 0.1) is 12.9 Å². The van der Waals surface area contributed by atoms with Gasteiger partial charge < -0.3 is 19.5 Å². The molecular weight excluding hydrogens is 407 g/mol. The highest BCUT2D eigenvalue weighted by Gasteiger charge is 2.19. The molecule has 3 heterocycles. The lowest BCUT2D eigenvalue weighted by molar-refractivity contribution is 0.139. The quantitative estimate of drug-likeness (QED) is 0.447. The van der Waals surface area contributed by atoms with Crippen LogP contribution in [0.5, 0.6) is 5.75 Å². The Hall–Kier alpha value is -2.74. The van der Waals surface area contributed by atoms with Crippen LogP contribution in [0, 0.1) is 11.7 Å². The number of nitrogens with one attached hydrogen (secondary N) is 1. The van der Waals surface area contributed by atoms with Crippen molar-refractivity contribution in [2.24, 2.45) is 5.92 Å². The Bertz CT molecular complexity index is 968. The van der Waals surface area contributed by atoms with Gasteiger partial charge in [-0.3, -0.25) is 0 Å². The van der Waals surface area contributed by atoms with Crippen molar-refractivity contribution < 1.29 is 9.13 Å². The number of halogens is 1. The van der Waals surface area contributed by atoms with Gasteiger partial charge in [-0.05, 0) is 75.5 Å². The smallest absolute Gasteiger partial charge is 0.165 e. The van der Waals surface area contributed by atoms with Gasteiger partial charge in [-0.15, -0.1) is 0 Å². The molecule has 2 aromatic heterocycles. The van der Waals surface area contributed by atoms with Crippen molar-refractivity contribution in [1.82, 2.24) is 24.4 Å². The maximum Gasteiger partial charge on any atom is 0.165 e. The fraction of sp³-hybridized carbons (Fsp3) is 0.542. The topological polar surface area (TPSA) is 68.1 Å². The minimum Gasteiger partial charge on any atom is -0.493 e. The van der Waals surface area contributed by atoms with Crippen LogP contribution >= 0.6 is 0 Å². The largest absolute Gasteiger partial charge is 0.493 e. The van der Waals surface area contributed by atoms with Crippen molar-refractivity contribution in [2.45, 2.75) is 45.6 Å². The molecule has 0 saturated carbocycles. The summed E-state index contributed by atoms with van der Waals surface area (Å²) >= 11 is 0. The number of fused-ring (bicyclic) bond motifs is 1. The van der Waals surface area contributed by atoms with Crippen LogP contribution in [0.25, 0.3) is 11.2 Å². The van der Waals surface area contributed by atoms with Crippen LogP contribution in [0.3, 0.4) is 0 Å². The Morgan fingerprint density at radius 2 is 1.88 bits per heavy atom. The molecule has 1 aliphatic rings. The SMILES string of the molecule is CCCCNc1ncnc2c1ncn2CCCN1CCC(COc2ccc(F)cc2)CC1. The van der Waals surface area contributed by atoms with Crippen molar-refractivity contribution in [1.29, 1.82) is 0 Å². The highest BCUT2D eigenvalue weighted by molar-refractivity contribution is 5.82. The summed E-state index contributed by atoms with van der Waals surface area (Å²) in [6.45, 7) is 7.93. The van der Waals surface area contributed by atoms with Gasteiger partial charge in [0.1, 0.15) is 23.4 Å². The highest BCUT2D eigenvalue weighted by Crippen LogP contribution is 2.21. The maximum atomic E-state index is 13.0. The van der Waals surface area contributed by atoms with E-state index in [1.54, 1.807) is 18.5 Å². The number of unbranched alkanes of at least 4 members (excludes halogenated alkanes) is 1. The summed E-state index contributed by atoms with van der Waals surface area (Å²) in [4.78, 5) is 15.9. The third kappa shape index (κ3) is 5.94. The number of anilines is 1. The van der Waals surface area contributed by atoms with Gasteiger partial charge >= 0.3 is 0 Å². The van der Waals surface area contributed by atoms with Gasteiger partial charge in [0.25, 0.3) is 0 Å². The number of aromatic nitrogens is 4. The van der Waals surface area contributed by atoms with E-state index in [2.05, 4.69) is 36.7 Å². The van der Waals surface area contributed by atoms with E-state index in [1.807, 2.05) is 6.33 Å². The van der Waals surface area contributed by atoms with E-state index in [0.717, 1.165) is 87.6 Å². The molecule has 0 atom stereocenters. The molecular formula is C24H33FN6O. The molecule has 0 unspecified atom stereocenters. The van der Waals surface area contributed by atoms with Crippen LogP contribution in [0.1, 0.15) is 39.0 Å². The van der Waals surface area contributed by atoms with Crippen LogP contribution in [-0.2, 0) is 6.54 Å². The van der Waals surface area contributed by atoms with Crippen LogP contribution in [-0.4, -0.2) is 57.2 Å². The normalized spacial score (nSPS) is 15.3. The first-order valence-electron chi connectivity index (χ1n) is 11.7. The van der Waals surface area contributed by atoms with Crippen LogP contribution in [0.15, 0.2) is 36.9 Å². The molecule has 1 saturated heterocycles. The summed E-state index contributed by atoms with van der Waals surface area (Å²) in [6, 6.07) is 6.27. The molecule has 0 radical (unpaired) electrons. The fourth-order valence-electron chi connectivity index (χ4n) is 4.14. The number of nitrogens with zero attached hydrogens (tertiary/aromatic N) is 5. The molecule has 32 heavy (non-hydrogen) atoms. The van der Waals surface area contributed by atoms with Crippen LogP contribution in [0.2, 0.25) is 0 Å². The zero-order chi connectivity index (χ0) is 22.2. The van der Waals surface area contributed by atoms with E-state index in [1.165, 1.54) is 12.1 Å². The number of likely N-dealkylation sites (tertiary alicyclic amines) is 1.